The number of pyridine rings is 1. The van der Waals surface area contributed by atoms with Crippen LogP contribution in [0.15, 0.2) is 66.7 Å². The van der Waals surface area contributed by atoms with Crippen LogP contribution in [0.3, 0.4) is 0 Å². The van der Waals surface area contributed by atoms with Gasteiger partial charge in [-0.1, -0.05) is 30.3 Å². The quantitative estimate of drug-likeness (QED) is 0.579. The fraction of sp³-hybridized carbons (Fsp3) is 0.308. The summed E-state index contributed by atoms with van der Waals surface area (Å²) in [5, 5.41) is 0. The number of amides is 1. The summed E-state index contributed by atoms with van der Waals surface area (Å²) in [6.45, 7) is 1.46. The molecule has 3 aromatic rings. The van der Waals surface area contributed by atoms with E-state index in [2.05, 4.69) is 24.3 Å². The van der Waals surface area contributed by atoms with E-state index in [1.165, 1.54) is 17.7 Å². The summed E-state index contributed by atoms with van der Waals surface area (Å²) in [5.41, 5.74) is 4.16. The third kappa shape index (κ3) is 5.48. The van der Waals surface area contributed by atoms with Crippen LogP contribution in [-0.2, 0) is 17.6 Å². The van der Waals surface area contributed by atoms with Crippen LogP contribution in [-0.4, -0.2) is 36.0 Å². The van der Waals surface area contributed by atoms with E-state index in [1.54, 1.807) is 19.2 Å². The van der Waals surface area contributed by atoms with Crippen LogP contribution in [0.5, 0.6) is 5.75 Å². The van der Waals surface area contributed by atoms with E-state index in [4.69, 9.17) is 9.72 Å². The number of ether oxygens (including phenoxy) is 1. The molecule has 0 spiro atoms. The Morgan fingerprint density at radius 1 is 1.03 bits per heavy atom. The van der Waals surface area contributed by atoms with Crippen molar-refractivity contribution in [3.05, 3.63) is 95.1 Å². The first-order valence-corrected chi connectivity index (χ1v) is 10.7. The van der Waals surface area contributed by atoms with Crippen molar-refractivity contribution in [2.24, 2.45) is 0 Å². The zero-order valence-corrected chi connectivity index (χ0v) is 17.8. The summed E-state index contributed by atoms with van der Waals surface area (Å²) in [6, 6.07) is 20.5. The van der Waals surface area contributed by atoms with Crippen molar-refractivity contribution >= 4 is 5.91 Å². The minimum atomic E-state index is -0.279. The summed E-state index contributed by atoms with van der Waals surface area (Å²) in [5.74, 6) is 1.04. The van der Waals surface area contributed by atoms with Crippen LogP contribution in [0.1, 0.15) is 41.3 Å². The largest absolute Gasteiger partial charge is 0.497 e. The van der Waals surface area contributed by atoms with Gasteiger partial charge in [0.2, 0.25) is 5.91 Å². The highest BCUT2D eigenvalue weighted by Gasteiger charge is 2.24. The van der Waals surface area contributed by atoms with E-state index in [9.17, 15) is 9.18 Å². The van der Waals surface area contributed by atoms with Crippen molar-refractivity contribution < 1.29 is 13.9 Å². The molecule has 0 saturated carbocycles. The summed E-state index contributed by atoms with van der Waals surface area (Å²) in [6.07, 6.45) is 2.90. The highest BCUT2D eigenvalue weighted by molar-refractivity contribution is 5.78. The second kappa shape index (κ2) is 9.73. The predicted octanol–water partition coefficient (Wildman–Crippen LogP) is 4.77. The SMILES string of the molecule is COc1cccc(Cc2cccc(C3CCN(C(=O)Cc4ccc(F)cc4)CC3)n2)c1. The normalized spacial score (nSPS) is 14.5. The van der Waals surface area contributed by atoms with E-state index >= 15 is 0 Å². The summed E-state index contributed by atoms with van der Waals surface area (Å²) < 4.78 is 18.4. The number of methoxy groups -OCH3 is 1. The number of hydrogen-bond acceptors (Lipinski definition) is 3. The maximum Gasteiger partial charge on any atom is 0.226 e. The number of halogens is 1. The van der Waals surface area contributed by atoms with Crippen molar-refractivity contribution in [3.63, 3.8) is 0 Å². The lowest BCUT2D eigenvalue weighted by atomic mass is 9.92. The van der Waals surface area contributed by atoms with Crippen LogP contribution in [0.2, 0.25) is 0 Å². The van der Waals surface area contributed by atoms with Crippen molar-refractivity contribution in [2.45, 2.75) is 31.6 Å². The lowest BCUT2D eigenvalue weighted by Gasteiger charge is -2.32. The third-order valence-corrected chi connectivity index (χ3v) is 5.88. The molecule has 1 saturated heterocycles. The number of likely N-dealkylation sites (tertiary alicyclic amines) is 1. The molecule has 0 bridgehead atoms. The van der Waals surface area contributed by atoms with Gasteiger partial charge in [-0.15, -0.1) is 0 Å². The van der Waals surface area contributed by atoms with Gasteiger partial charge in [0.1, 0.15) is 11.6 Å². The zero-order chi connectivity index (χ0) is 21.6. The number of rotatable bonds is 6. The number of aromatic nitrogens is 1. The molecule has 4 rings (SSSR count). The highest BCUT2D eigenvalue weighted by Crippen LogP contribution is 2.27. The Morgan fingerprint density at radius 3 is 2.52 bits per heavy atom. The Kier molecular flexibility index (Phi) is 6.60. The topological polar surface area (TPSA) is 42.4 Å². The maximum absolute atomic E-state index is 13.1. The fourth-order valence-electron chi connectivity index (χ4n) is 4.13. The maximum atomic E-state index is 13.1. The number of carbonyl (C=O) groups excluding carboxylic acids is 1. The molecule has 0 atom stereocenters. The molecule has 1 aliphatic rings. The molecular formula is C26H27FN2O2. The number of benzene rings is 2. The van der Waals surface area contributed by atoms with Gasteiger partial charge in [0, 0.05) is 36.8 Å². The predicted molar refractivity (Wildman–Crippen MR) is 119 cm³/mol. The van der Waals surface area contributed by atoms with Gasteiger partial charge in [-0.2, -0.15) is 0 Å². The molecule has 5 heteroatoms. The zero-order valence-electron chi connectivity index (χ0n) is 17.8. The average molecular weight is 419 g/mol. The molecule has 160 valence electrons. The Morgan fingerprint density at radius 2 is 1.77 bits per heavy atom. The van der Waals surface area contributed by atoms with Gasteiger partial charge in [0.25, 0.3) is 0 Å². The van der Waals surface area contributed by atoms with Crippen molar-refractivity contribution in [1.82, 2.24) is 9.88 Å². The minimum absolute atomic E-state index is 0.102. The molecule has 0 N–H and O–H groups in total. The first-order chi connectivity index (χ1) is 15.1. The first-order valence-electron chi connectivity index (χ1n) is 10.7. The second-order valence-electron chi connectivity index (χ2n) is 8.04. The Hall–Kier alpha value is -3.21. The third-order valence-electron chi connectivity index (χ3n) is 5.88. The van der Waals surface area contributed by atoms with Gasteiger partial charge in [0.15, 0.2) is 0 Å². The van der Waals surface area contributed by atoms with Gasteiger partial charge in [-0.05, 0) is 60.4 Å². The van der Waals surface area contributed by atoms with Gasteiger partial charge in [0.05, 0.1) is 13.5 Å². The van der Waals surface area contributed by atoms with Gasteiger partial charge in [-0.3, -0.25) is 9.78 Å². The monoisotopic (exact) mass is 418 g/mol. The molecule has 0 radical (unpaired) electrons. The van der Waals surface area contributed by atoms with Crippen LogP contribution < -0.4 is 4.74 Å². The highest BCUT2D eigenvalue weighted by atomic mass is 19.1. The van der Waals surface area contributed by atoms with Crippen molar-refractivity contribution in [1.29, 1.82) is 0 Å². The van der Waals surface area contributed by atoms with E-state index < -0.39 is 0 Å². The molecular weight excluding hydrogens is 391 g/mol. The lowest BCUT2D eigenvalue weighted by Crippen LogP contribution is -2.38. The van der Waals surface area contributed by atoms with E-state index in [-0.39, 0.29) is 11.7 Å². The lowest BCUT2D eigenvalue weighted by molar-refractivity contribution is -0.131. The molecule has 0 unspecified atom stereocenters. The van der Waals surface area contributed by atoms with Crippen LogP contribution >= 0.6 is 0 Å². The van der Waals surface area contributed by atoms with Gasteiger partial charge < -0.3 is 9.64 Å². The second-order valence-corrected chi connectivity index (χ2v) is 8.04. The minimum Gasteiger partial charge on any atom is -0.497 e. The Labute approximate surface area is 182 Å². The molecule has 1 aliphatic heterocycles. The molecule has 1 amide bonds. The molecule has 0 aliphatic carbocycles. The molecule has 1 aromatic heterocycles. The number of hydrogen-bond donors (Lipinski definition) is 0. The Bertz CT molecular complexity index is 1030. The molecule has 1 fully saturated rings. The smallest absolute Gasteiger partial charge is 0.226 e. The van der Waals surface area contributed by atoms with Crippen molar-refractivity contribution in [2.75, 3.05) is 20.2 Å². The number of carbonyl (C=O) groups is 1. The first kappa shape index (κ1) is 21.0. The van der Waals surface area contributed by atoms with Crippen LogP contribution in [0.25, 0.3) is 0 Å². The number of piperidine rings is 1. The molecule has 2 heterocycles. The molecule has 31 heavy (non-hydrogen) atoms. The average Bonchev–Trinajstić information content (AvgIpc) is 2.81. The van der Waals surface area contributed by atoms with E-state index in [1.807, 2.05) is 23.1 Å². The fourth-order valence-corrected chi connectivity index (χ4v) is 4.13. The molecule has 4 nitrogen and oxygen atoms in total. The van der Waals surface area contributed by atoms with Crippen molar-refractivity contribution in [3.8, 4) is 5.75 Å². The van der Waals surface area contributed by atoms with Gasteiger partial charge in [-0.25, -0.2) is 4.39 Å². The Balaban J connectivity index is 1.34. The molecule has 2 aromatic carbocycles. The van der Waals surface area contributed by atoms with E-state index in [0.717, 1.165) is 55.1 Å². The standard InChI is InChI=1S/C26H27FN2O2/c1-31-24-6-2-4-20(17-24)16-23-5-3-7-25(28-23)21-12-14-29(15-13-21)26(30)18-19-8-10-22(27)11-9-19/h2-11,17,21H,12-16,18H2,1H3. The summed E-state index contributed by atoms with van der Waals surface area (Å²) >= 11 is 0. The summed E-state index contributed by atoms with van der Waals surface area (Å²) in [7, 11) is 1.68. The number of nitrogens with zero attached hydrogens (tertiary/aromatic N) is 2. The summed E-state index contributed by atoms with van der Waals surface area (Å²) in [4.78, 5) is 19.4. The van der Waals surface area contributed by atoms with Crippen LogP contribution in [0, 0.1) is 5.82 Å². The van der Waals surface area contributed by atoms with Crippen LogP contribution in [0.4, 0.5) is 4.39 Å². The van der Waals surface area contributed by atoms with E-state index in [0.29, 0.717) is 12.3 Å². The van der Waals surface area contributed by atoms with Gasteiger partial charge >= 0.3 is 0 Å².